The van der Waals surface area contributed by atoms with Crippen LogP contribution in [-0.4, -0.2) is 9.97 Å². The summed E-state index contributed by atoms with van der Waals surface area (Å²) in [5.41, 5.74) is 0.841. The van der Waals surface area contributed by atoms with Crippen molar-refractivity contribution < 1.29 is 4.74 Å². The number of hydrogen-bond donors (Lipinski definition) is 0. The Morgan fingerprint density at radius 1 is 1.38 bits per heavy atom. The van der Waals surface area contributed by atoms with E-state index in [0.29, 0.717) is 6.61 Å². The Hall–Kier alpha value is -1.42. The molecule has 0 aliphatic rings. The lowest BCUT2D eigenvalue weighted by molar-refractivity contribution is 0.302. The van der Waals surface area contributed by atoms with Crippen molar-refractivity contribution in [3.63, 3.8) is 0 Å². The Morgan fingerprint density at radius 3 is 3.08 bits per heavy atom. The van der Waals surface area contributed by atoms with Crippen molar-refractivity contribution in [3.8, 4) is 5.75 Å². The maximum absolute atomic E-state index is 5.44. The predicted octanol–water partition coefficient (Wildman–Crippen LogP) is 2.12. The van der Waals surface area contributed by atoms with Crippen LogP contribution in [0.3, 0.4) is 0 Å². The van der Waals surface area contributed by atoms with Crippen molar-refractivity contribution in [1.29, 1.82) is 0 Å². The molecule has 0 N–H and O–H groups in total. The Bertz CT molecular complexity index is 347. The highest BCUT2D eigenvalue weighted by molar-refractivity contribution is 7.08. The quantitative estimate of drug-likeness (QED) is 0.747. The monoisotopic (exact) mass is 192 g/mol. The van der Waals surface area contributed by atoms with E-state index in [1.807, 2.05) is 16.8 Å². The molecule has 0 aliphatic heterocycles. The lowest BCUT2D eigenvalue weighted by atomic mass is 10.5. The maximum Gasteiger partial charge on any atom is 0.132 e. The molecular weight excluding hydrogens is 184 g/mol. The van der Waals surface area contributed by atoms with Crippen molar-refractivity contribution in [2.24, 2.45) is 0 Å². The van der Waals surface area contributed by atoms with Crippen LogP contribution < -0.4 is 4.74 Å². The van der Waals surface area contributed by atoms with Crippen LogP contribution in [0.5, 0.6) is 5.75 Å². The molecule has 0 aromatic carbocycles. The summed E-state index contributed by atoms with van der Waals surface area (Å²) in [6.45, 7) is 0.477. The van der Waals surface area contributed by atoms with E-state index in [9.17, 15) is 0 Å². The van der Waals surface area contributed by atoms with Crippen LogP contribution in [0.25, 0.3) is 0 Å². The van der Waals surface area contributed by atoms with Gasteiger partial charge >= 0.3 is 0 Å². The summed E-state index contributed by atoms with van der Waals surface area (Å²) in [4.78, 5) is 8.04. The van der Waals surface area contributed by atoms with E-state index in [4.69, 9.17) is 4.74 Å². The molecule has 0 unspecified atom stereocenters. The van der Waals surface area contributed by atoms with Gasteiger partial charge in [0.2, 0.25) is 0 Å². The van der Waals surface area contributed by atoms with E-state index in [-0.39, 0.29) is 0 Å². The standard InChI is InChI=1S/C9H8N2OS/c1-4-13-7-9(1)12-6-8-5-10-2-3-11-8/h1-5,7H,6H2. The van der Waals surface area contributed by atoms with Crippen LogP contribution in [0.4, 0.5) is 0 Å². The van der Waals surface area contributed by atoms with Crippen molar-refractivity contribution in [2.45, 2.75) is 6.61 Å². The van der Waals surface area contributed by atoms with Crippen LogP contribution in [0.2, 0.25) is 0 Å². The largest absolute Gasteiger partial charge is 0.486 e. The number of nitrogens with zero attached hydrogens (tertiary/aromatic N) is 2. The number of thiophene rings is 1. The van der Waals surface area contributed by atoms with Gasteiger partial charge in [0.05, 0.1) is 11.9 Å². The summed E-state index contributed by atoms with van der Waals surface area (Å²) in [6.07, 6.45) is 5.01. The summed E-state index contributed by atoms with van der Waals surface area (Å²) in [5, 5.41) is 3.93. The smallest absolute Gasteiger partial charge is 0.132 e. The minimum Gasteiger partial charge on any atom is -0.486 e. The van der Waals surface area contributed by atoms with Gasteiger partial charge in [-0.2, -0.15) is 0 Å². The van der Waals surface area contributed by atoms with E-state index in [1.165, 1.54) is 0 Å². The Morgan fingerprint density at radius 2 is 2.38 bits per heavy atom. The van der Waals surface area contributed by atoms with Gasteiger partial charge in [-0.05, 0) is 11.4 Å². The Balaban J connectivity index is 1.94. The lowest BCUT2D eigenvalue weighted by Crippen LogP contribution is -1.97. The zero-order valence-electron chi connectivity index (χ0n) is 6.88. The maximum atomic E-state index is 5.44. The molecule has 0 aliphatic carbocycles. The number of rotatable bonds is 3. The summed E-state index contributed by atoms with van der Waals surface area (Å²) in [6, 6.07) is 1.93. The third-order valence-electron chi connectivity index (χ3n) is 1.50. The number of hydrogen-bond acceptors (Lipinski definition) is 4. The molecule has 0 spiro atoms. The minimum atomic E-state index is 0.477. The molecule has 2 aromatic rings. The molecule has 0 fully saturated rings. The third kappa shape index (κ3) is 2.26. The van der Waals surface area contributed by atoms with Crippen LogP contribution in [0, 0.1) is 0 Å². The molecule has 0 amide bonds. The molecule has 0 atom stereocenters. The van der Waals surface area contributed by atoms with E-state index < -0.39 is 0 Å². The van der Waals surface area contributed by atoms with E-state index in [2.05, 4.69) is 9.97 Å². The first-order chi connectivity index (χ1) is 6.45. The third-order valence-corrected chi connectivity index (χ3v) is 2.16. The fourth-order valence-corrected chi connectivity index (χ4v) is 1.47. The normalized spacial score (nSPS) is 9.85. The molecule has 3 nitrogen and oxygen atoms in total. The number of aromatic nitrogens is 2. The van der Waals surface area contributed by atoms with Crippen LogP contribution in [0.1, 0.15) is 5.69 Å². The zero-order valence-corrected chi connectivity index (χ0v) is 7.70. The number of ether oxygens (including phenoxy) is 1. The highest BCUT2D eigenvalue weighted by Gasteiger charge is 1.95. The molecular formula is C9H8N2OS. The van der Waals surface area contributed by atoms with Crippen LogP contribution >= 0.6 is 11.3 Å². The first kappa shape index (κ1) is 8.19. The molecule has 4 heteroatoms. The molecule has 2 rings (SSSR count). The average Bonchev–Trinajstić information content (AvgIpc) is 2.69. The molecule has 13 heavy (non-hydrogen) atoms. The summed E-state index contributed by atoms with van der Waals surface area (Å²) >= 11 is 1.61. The fourth-order valence-electron chi connectivity index (χ4n) is 0.896. The topological polar surface area (TPSA) is 35.0 Å². The van der Waals surface area contributed by atoms with Crippen molar-refractivity contribution in [3.05, 3.63) is 41.1 Å². The fraction of sp³-hybridized carbons (Fsp3) is 0.111. The van der Waals surface area contributed by atoms with Gasteiger partial charge < -0.3 is 4.74 Å². The molecule has 0 radical (unpaired) electrons. The van der Waals surface area contributed by atoms with E-state index >= 15 is 0 Å². The molecule has 0 saturated carbocycles. The first-order valence-corrected chi connectivity index (χ1v) is 4.79. The molecule has 66 valence electrons. The summed E-state index contributed by atoms with van der Waals surface area (Å²) < 4.78 is 5.44. The van der Waals surface area contributed by atoms with Crippen LogP contribution in [0.15, 0.2) is 35.4 Å². The predicted molar refractivity (Wildman–Crippen MR) is 50.7 cm³/mol. The van der Waals surface area contributed by atoms with Gasteiger partial charge in [0.15, 0.2) is 0 Å². The first-order valence-electron chi connectivity index (χ1n) is 3.85. The highest BCUT2D eigenvalue weighted by atomic mass is 32.1. The molecule has 2 heterocycles. The second-order valence-corrected chi connectivity index (χ2v) is 3.22. The van der Waals surface area contributed by atoms with Gasteiger partial charge in [0.1, 0.15) is 12.4 Å². The highest BCUT2D eigenvalue weighted by Crippen LogP contribution is 2.15. The zero-order chi connectivity index (χ0) is 8.93. The van der Waals surface area contributed by atoms with Gasteiger partial charge in [0, 0.05) is 17.8 Å². The van der Waals surface area contributed by atoms with Crippen molar-refractivity contribution in [1.82, 2.24) is 9.97 Å². The molecule has 0 bridgehead atoms. The van der Waals surface area contributed by atoms with Crippen molar-refractivity contribution >= 4 is 11.3 Å². The Kier molecular flexibility index (Phi) is 2.52. The minimum absolute atomic E-state index is 0.477. The van der Waals surface area contributed by atoms with Gasteiger partial charge in [-0.15, -0.1) is 11.3 Å². The van der Waals surface area contributed by atoms with E-state index in [1.54, 1.807) is 29.9 Å². The lowest BCUT2D eigenvalue weighted by Gasteiger charge is -2.01. The van der Waals surface area contributed by atoms with Gasteiger partial charge in [-0.3, -0.25) is 9.97 Å². The summed E-state index contributed by atoms with van der Waals surface area (Å²) in [5.74, 6) is 0.885. The Labute approximate surface area is 80.0 Å². The summed E-state index contributed by atoms with van der Waals surface area (Å²) in [7, 11) is 0. The second kappa shape index (κ2) is 4.00. The van der Waals surface area contributed by atoms with Crippen LogP contribution in [-0.2, 0) is 6.61 Å². The van der Waals surface area contributed by atoms with E-state index in [0.717, 1.165) is 11.4 Å². The van der Waals surface area contributed by atoms with Crippen molar-refractivity contribution in [2.75, 3.05) is 0 Å². The molecule has 0 saturated heterocycles. The molecule has 2 aromatic heterocycles. The average molecular weight is 192 g/mol. The van der Waals surface area contributed by atoms with Gasteiger partial charge in [-0.1, -0.05) is 0 Å². The van der Waals surface area contributed by atoms with Gasteiger partial charge in [-0.25, -0.2) is 0 Å². The SMILES string of the molecule is c1cnc(COc2ccsc2)cn1. The second-order valence-electron chi connectivity index (χ2n) is 2.44. The van der Waals surface area contributed by atoms with Gasteiger partial charge in [0.25, 0.3) is 0 Å².